The van der Waals surface area contributed by atoms with Crippen molar-refractivity contribution in [2.24, 2.45) is 5.92 Å². The number of carbonyl (C=O) groups excluding carboxylic acids is 2. The van der Waals surface area contributed by atoms with Gasteiger partial charge in [0.2, 0.25) is 5.91 Å². The Morgan fingerprint density at radius 3 is 2.59 bits per heavy atom. The first-order chi connectivity index (χ1) is 10.7. The standard InChI is InChI=1S/C17H24N2O3/c1-22-15-9-5-8-14(12-15)17(21)19-11-10-18-16(20)13-6-3-2-4-7-13/h5,8-9,12-13H,2-4,6-7,10-11H2,1H3,(H,18,20)(H,19,21). The number of hydrogen-bond acceptors (Lipinski definition) is 3. The van der Waals surface area contributed by atoms with Crippen LogP contribution in [0.15, 0.2) is 24.3 Å². The van der Waals surface area contributed by atoms with Crippen LogP contribution in [0.1, 0.15) is 42.5 Å². The first-order valence-corrected chi connectivity index (χ1v) is 7.90. The monoisotopic (exact) mass is 304 g/mol. The number of ether oxygens (including phenoxy) is 1. The highest BCUT2D eigenvalue weighted by Gasteiger charge is 2.20. The molecule has 0 radical (unpaired) electrons. The number of carbonyl (C=O) groups is 2. The van der Waals surface area contributed by atoms with Gasteiger partial charge in [0.05, 0.1) is 7.11 Å². The van der Waals surface area contributed by atoms with Gasteiger partial charge in [0.15, 0.2) is 0 Å². The smallest absolute Gasteiger partial charge is 0.251 e. The zero-order chi connectivity index (χ0) is 15.8. The van der Waals surface area contributed by atoms with Crippen LogP contribution in [0.3, 0.4) is 0 Å². The van der Waals surface area contributed by atoms with Gasteiger partial charge in [-0.15, -0.1) is 0 Å². The van der Waals surface area contributed by atoms with E-state index in [1.165, 1.54) is 6.42 Å². The highest BCUT2D eigenvalue weighted by Crippen LogP contribution is 2.23. The molecule has 22 heavy (non-hydrogen) atoms. The predicted molar refractivity (Wildman–Crippen MR) is 84.9 cm³/mol. The minimum absolute atomic E-state index is 0.121. The number of hydrogen-bond donors (Lipinski definition) is 2. The molecule has 1 fully saturated rings. The maximum absolute atomic E-state index is 12.0. The molecular formula is C17H24N2O3. The molecule has 0 aliphatic heterocycles. The molecule has 1 aromatic rings. The number of nitrogens with one attached hydrogen (secondary N) is 2. The van der Waals surface area contributed by atoms with Crippen molar-refractivity contribution in [1.29, 1.82) is 0 Å². The normalized spacial score (nSPS) is 15.1. The Morgan fingerprint density at radius 2 is 1.86 bits per heavy atom. The molecule has 0 bridgehead atoms. The Morgan fingerprint density at radius 1 is 1.14 bits per heavy atom. The molecule has 1 saturated carbocycles. The van der Waals surface area contributed by atoms with Crippen molar-refractivity contribution in [3.8, 4) is 5.75 Å². The lowest BCUT2D eigenvalue weighted by molar-refractivity contribution is -0.125. The van der Waals surface area contributed by atoms with E-state index in [0.717, 1.165) is 25.7 Å². The van der Waals surface area contributed by atoms with Gasteiger partial charge in [-0.05, 0) is 31.0 Å². The van der Waals surface area contributed by atoms with Crippen molar-refractivity contribution in [3.05, 3.63) is 29.8 Å². The van der Waals surface area contributed by atoms with Gasteiger partial charge in [0.25, 0.3) is 5.91 Å². The maximum atomic E-state index is 12.0. The Hall–Kier alpha value is -2.04. The zero-order valence-corrected chi connectivity index (χ0v) is 13.1. The first kappa shape index (κ1) is 16.3. The summed E-state index contributed by atoms with van der Waals surface area (Å²) in [6.45, 7) is 0.888. The summed E-state index contributed by atoms with van der Waals surface area (Å²) in [4.78, 5) is 23.9. The summed E-state index contributed by atoms with van der Waals surface area (Å²) in [5.41, 5.74) is 0.554. The van der Waals surface area contributed by atoms with E-state index in [0.29, 0.717) is 24.4 Å². The van der Waals surface area contributed by atoms with Gasteiger partial charge in [-0.3, -0.25) is 9.59 Å². The van der Waals surface area contributed by atoms with Crippen LogP contribution >= 0.6 is 0 Å². The Balaban J connectivity index is 1.69. The van der Waals surface area contributed by atoms with Crippen LogP contribution in [0.2, 0.25) is 0 Å². The minimum atomic E-state index is -0.161. The molecule has 5 nitrogen and oxygen atoms in total. The highest BCUT2D eigenvalue weighted by molar-refractivity contribution is 5.94. The fourth-order valence-corrected chi connectivity index (χ4v) is 2.74. The van der Waals surface area contributed by atoms with Crippen LogP contribution in [-0.2, 0) is 4.79 Å². The SMILES string of the molecule is COc1cccc(C(=O)NCCNC(=O)C2CCCCC2)c1. The van der Waals surface area contributed by atoms with Gasteiger partial charge >= 0.3 is 0 Å². The first-order valence-electron chi connectivity index (χ1n) is 7.90. The van der Waals surface area contributed by atoms with Crippen molar-refractivity contribution >= 4 is 11.8 Å². The van der Waals surface area contributed by atoms with E-state index in [2.05, 4.69) is 10.6 Å². The number of methoxy groups -OCH3 is 1. The van der Waals surface area contributed by atoms with Crippen LogP contribution in [-0.4, -0.2) is 32.0 Å². The van der Waals surface area contributed by atoms with Crippen molar-refractivity contribution < 1.29 is 14.3 Å². The molecule has 2 amide bonds. The average molecular weight is 304 g/mol. The lowest BCUT2D eigenvalue weighted by atomic mass is 9.89. The van der Waals surface area contributed by atoms with E-state index < -0.39 is 0 Å². The summed E-state index contributed by atoms with van der Waals surface area (Å²) in [5.74, 6) is 0.766. The third-order valence-corrected chi connectivity index (χ3v) is 4.02. The van der Waals surface area contributed by atoms with E-state index >= 15 is 0 Å². The Bertz CT molecular complexity index is 510. The van der Waals surface area contributed by atoms with E-state index in [9.17, 15) is 9.59 Å². The van der Waals surface area contributed by atoms with Gasteiger partial charge < -0.3 is 15.4 Å². The fraction of sp³-hybridized carbons (Fsp3) is 0.529. The lowest BCUT2D eigenvalue weighted by Gasteiger charge is -2.20. The second-order valence-corrected chi connectivity index (χ2v) is 5.61. The van der Waals surface area contributed by atoms with E-state index in [1.807, 2.05) is 0 Å². The van der Waals surface area contributed by atoms with Gasteiger partial charge in [0.1, 0.15) is 5.75 Å². The molecule has 120 valence electrons. The summed E-state index contributed by atoms with van der Waals surface area (Å²) >= 11 is 0. The molecule has 0 unspecified atom stereocenters. The molecule has 0 aromatic heterocycles. The molecule has 1 aliphatic rings. The van der Waals surface area contributed by atoms with Crippen molar-refractivity contribution in [2.45, 2.75) is 32.1 Å². The molecule has 0 saturated heterocycles. The third-order valence-electron chi connectivity index (χ3n) is 4.02. The number of amides is 2. The summed E-state index contributed by atoms with van der Waals surface area (Å²) < 4.78 is 5.09. The Kier molecular flexibility index (Phi) is 6.25. The van der Waals surface area contributed by atoms with Gasteiger partial charge in [-0.25, -0.2) is 0 Å². The number of rotatable bonds is 6. The van der Waals surface area contributed by atoms with Gasteiger partial charge in [-0.2, -0.15) is 0 Å². The topological polar surface area (TPSA) is 67.4 Å². The van der Waals surface area contributed by atoms with E-state index in [-0.39, 0.29) is 17.7 Å². The van der Waals surface area contributed by atoms with E-state index in [4.69, 9.17) is 4.74 Å². The predicted octanol–water partition coefficient (Wildman–Crippen LogP) is 2.12. The summed E-state index contributed by atoms with van der Waals surface area (Å²) in [6.07, 6.45) is 5.50. The molecule has 1 aliphatic carbocycles. The lowest BCUT2D eigenvalue weighted by Crippen LogP contribution is -2.38. The third kappa shape index (κ3) is 4.76. The van der Waals surface area contributed by atoms with Crippen LogP contribution in [0.5, 0.6) is 5.75 Å². The molecular weight excluding hydrogens is 280 g/mol. The van der Waals surface area contributed by atoms with Crippen LogP contribution in [0, 0.1) is 5.92 Å². The quantitative estimate of drug-likeness (QED) is 0.791. The van der Waals surface area contributed by atoms with Gasteiger partial charge in [0, 0.05) is 24.6 Å². The van der Waals surface area contributed by atoms with Crippen LogP contribution in [0.25, 0.3) is 0 Å². The van der Waals surface area contributed by atoms with Crippen LogP contribution < -0.4 is 15.4 Å². The molecule has 0 atom stereocenters. The molecule has 1 aromatic carbocycles. The Labute approximate surface area is 131 Å². The van der Waals surface area contributed by atoms with Crippen molar-refractivity contribution in [1.82, 2.24) is 10.6 Å². The van der Waals surface area contributed by atoms with E-state index in [1.54, 1.807) is 31.4 Å². The van der Waals surface area contributed by atoms with Crippen molar-refractivity contribution in [3.63, 3.8) is 0 Å². The summed E-state index contributed by atoms with van der Waals surface area (Å²) in [7, 11) is 1.57. The highest BCUT2D eigenvalue weighted by atomic mass is 16.5. The zero-order valence-electron chi connectivity index (χ0n) is 13.1. The second kappa shape index (κ2) is 8.41. The molecule has 0 spiro atoms. The summed E-state index contributed by atoms with van der Waals surface area (Å²) in [5, 5.41) is 5.70. The second-order valence-electron chi connectivity index (χ2n) is 5.61. The molecule has 0 heterocycles. The van der Waals surface area contributed by atoms with Crippen LogP contribution in [0.4, 0.5) is 0 Å². The summed E-state index contributed by atoms with van der Waals surface area (Å²) in [6, 6.07) is 6.99. The molecule has 2 rings (SSSR count). The number of benzene rings is 1. The largest absolute Gasteiger partial charge is 0.497 e. The fourth-order valence-electron chi connectivity index (χ4n) is 2.74. The average Bonchev–Trinajstić information content (AvgIpc) is 2.59. The molecule has 5 heteroatoms. The maximum Gasteiger partial charge on any atom is 0.251 e. The molecule has 2 N–H and O–H groups in total. The van der Waals surface area contributed by atoms with Gasteiger partial charge in [-0.1, -0.05) is 25.3 Å². The minimum Gasteiger partial charge on any atom is -0.497 e. The van der Waals surface area contributed by atoms with Crippen molar-refractivity contribution in [2.75, 3.05) is 20.2 Å².